The zero-order valence-corrected chi connectivity index (χ0v) is 11.1. The van der Waals surface area contributed by atoms with Gasteiger partial charge in [0.1, 0.15) is 0 Å². The molecule has 0 saturated carbocycles. The minimum Gasteiger partial charge on any atom is -0.370 e. The molecule has 0 aromatic heterocycles. The third-order valence-corrected chi connectivity index (χ3v) is 1.48. The topological polar surface area (TPSA) is 178 Å². The Labute approximate surface area is 114 Å². The van der Waals surface area contributed by atoms with E-state index in [4.69, 9.17) is 22.9 Å². The van der Waals surface area contributed by atoms with E-state index in [1.54, 1.807) is 28.2 Å². The number of hydrogen-bond acceptors (Lipinski definition) is 4. The predicted molar refractivity (Wildman–Crippen MR) is 83.2 cm³/mol. The van der Waals surface area contributed by atoms with Gasteiger partial charge in [0.25, 0.3) is 0 Å². The number of rotatable bonds is 0. The van der Waals surface area contributed by atoms with Crippen LogP contribution in [0.1, 0.15) is 7.43 Å². The first-order valence-corrected chi connectivity index (χ1v) is 4.84. The molecule has 0 heterocycles. The fraction of sp³-hybridized carbons (Fsp3) is 0.556. The first-order valence-electron chi connectivity index (χ1n) is 4.84. The van der Waals surface area contributed by atoms with Gasteiger partial charge in [0.2, 0.25) is 0 Å². The van der Waals surface area contributed by atoms with E-state index in [0.29, 0.717) is 0 Å². The van der Waals surface area contributed by atoms with E-state index in [2.05, 4.69) is 30.6 Å². The zero-order valence-electron chi connectivity index (χ0n) is 11.1. The van der Waals surface area contributed by atoms with E-state index >= 15 is 0 Å². The van der Waals surface area contributed by atoms with Crippen molar-refractivity contribution < 1.29 is 0 Å². The summed E-state index contributed by atoms with van der Waals surface area (Å²) in [6.45, 7) is 0. The summed E-state index contributed by atoms with van der Waals surface area (Å²) in [5.41, 5.74) is 20.9. The van der Waals surface area contributed by atoms with Crippen LogP contribution in [0.5, 0.6) is 0 Å². The number of nitrogens with zero attached hydrogens (tertiary/aromatic N) is 4. The average molecular weight is 274 g/mol. The maximum Gasteiger partial charge on any atom is 0.195 e. The lowest BCUT2D eigenvalue weighted by atomic mass is 10.8. The van der Waals surface area contributed by atoms with Gasteiger partial charge in [-0.3, -0.25) is 30.6 Å². The summed E-state index contributed by atoms with van der Waals surface area (Å²) in [5.74, 6) is 1.05. The van der Waals surface area contributed by atoms with Crippen LogP contribution in [-0.4, -0.2) is 52.0 Å². The molecule has 10 heteroatoms. The standard InChI is InChI=1S/2C4H11N5.CH4/c2*1-7-3(5)9-4(6)8-2;/h2*1-2H3,(H5,5,6,7,8,9);1H4. The van der Waals surface area contributed by atoms with Gasteiger partial charge in [0.15, 0.2) is 23.8 Å². The average Bonchev–Trinajstić information content (AvgIpc) is 2.38. The van der Waals surface area contributed by atoms with Crippen molar-refractivity contribution in [2.75, 3.05) is 28.2 Å². The molecule has 0 spiro atoms. The van der Waals surface area contributed by atoms with Gasteiger partial charge in [0, 0.05) is 28.2 Å². The van der Waals surface area contributed by atoms with Gasteiger partial charge in [-0.15, -0.1) is 0 Å². The van der Waals surface area contributed by atoms with E-state index in [9.17, 15) is 0 Å². The number of hydrogen-bond donors (Lipinski definition) is 6. The molecule has 0 rings (SSSR count). The van der Waals surface area contributed by atoms with Gasteiger partial charge in [-0.05, 0) is 0 Å². The quantitative estimate of drug-likeness (QED) is 0.211. The lowest BCUT2D eigenvalue weighted by molar-refractivity contribution is 1.19. The molecule has 112 valence electrons. The smallest absolute Gasteiger partial charge is 0.195 e. The molecule has 0 bridgehead atoms. The molecule has 0 atom stereocenters. The van der Waals surface area contributed by atoms with Crippen molar-refractivity contribution >= 4 is 23.8 Å². The number of nitrogens with one attached hydrogen (secondary N) is 2. The van der Waals surface area contributed by atoms with Crippen molar-refractivity contribution in [3.8, 4) is 0 Å². The second kappa shape index (κ2) is 13.5. The fourth-order valence-corrected chi connectivity index (χ4v) is 0.486. The largest absolute Gasteiger partial charge is 0.370 e. The molecule has 0 aliphatic rings. The molecule has 0 saturated heterocycles. The summed E-state index contributed by atoms with van der Waals surface area (Å²) in [6, 6.07) is 0. The van der Waals surface area contributed by atoms with Gasteiger partial charge in [-0.2, -0.15) is 0 Å². The first-order chi connectivity index (χ1) is 8.40. The van der Waals surface area contributed by atoms with Gasteiger partial charge in [-0.1, -0.05) is 7.43 Å². The second-order valence-electron chi connectivity index (χ2n) is 2.69. The molecular weight excluding hydrogens is 248 g/mol. The maximum atomic E-state index is 5.23. The van der Waals surface area contributed by atoms with Crippen LogP contribution in [0.4, 0.5) is 0 Å². The van der Waals surface area contributed by atoms with E-state index < -0.39 is 0 Å². The van der Waals surface area contributed by atoms with Crippen LogP contribution in [0, 0.1) is 0 Å². The molecule has 0 fully saturated rings. The van der Waals surface area contributed by atoms with Crippen molar-refractivity contribution in [3.63, 3.8) is 0 Å². The van der Waals surface area contributed by atoms with Crippen molar-refractivity contribution in [1.82, 2.24) is 10.6 Å². The highest BCUT2D eigenvalue weighted by Gasteiger charge is 1.89. The molecule has 0 amide bonds. The van der Waals surface area contributed by atoms with E-state index in [-0.39, 0.29) is 31.3 Å². The molecule has 0 aromatic rings. The second-order valence-corrected chi connectivity index (χ2v) is 2.69. The lowest BCUT2D eigenvalue weighted by Crippen LogP contribution is -2.41. The highest BCUT2D eigenvalue weighted by atomic mass is 15.2. The van der Waals surface area contributed by atoms with Crippen LogP contribution < -0.4 is 33.6 Å². The fourth-order valence-electron chi connectivity index (χ4n) is 0.486. The van der Waals surface area contributed by atoms with E-state index in [0.717, 1.165) is 0 Å². The van der Waals surface area contributed by atoms with Crippen LogP contribution in [-0.2, 0) is 0 Å². The Bertz CT molecular complexity index is 275. The van der Waals surface area contributed by atoms with Crippen LogP contribution in [0.3, 0.4) is 0 Å². The number of nitrogens with two attached hydrogens (primary N) is 4. The number of guanidine groups is 4. The van der Waals surface area contributed by atoms with E-state index in [1.807, 2.05) is 0 Å². The third kappa shape index (κ3) is 15.5. The molecule has 0 unspecified atom stereocenters. The Kier molecular flexibility index (Phi) is 15.5. The molecule has 0 radical (unpaired) electrons. The zero-order chi connectivity index (χ0) is 14.6. The normalized spacial score (nSPS) is 12.8. The van der Waals surface area contributed by atoms with Gasteiger partial charge in [0.05, 0.1) is 0 Å². The molecule has 0 aliphatic carbocycles. The molecule has 0 aromatic carbocycles. The van der Waals surface area contributed by atoms with Crippen LogP contribution in [0.2, 0.25) is 0 Å². The maximum absolute atomic E-state index is 5.23. The van der Waals surface area contributed by atoms with Crippen molar-refractivity contribution in [2.45, 2.75) is 7.43 Å². The summed E-state index contributed by atoms with van der Waals surface area (Å²) in [6.07, 6.45) is 0. The minimum atomic E-state index is 0. The third-order valence-electron chi connectivity index (χ3n) is 1.48. The number of aliphatic imine (C=N–C) groups is 4. The Morgan fingerprint density at radius 2 is 0.737 bits per heavy atom. The minimum absolute atomic E-state index is 0. The Morgan fingerprint density at radius 3 is 0.842 bits per heavy atom. The summed E-state index contributed by atoms with van der Waals surface area (Å²) in [4.78, 5) is 14.4. The first kappa shape index (κ1) is 21.7. The summed E-state index contributed by atoms with van der Waals surface area (Å²) < 4.78 is 0. The predicted octanol–water partition coefficient (Wildman–Crippen LogP) is -2.43. The monoisotopic (exact) mass is 274 g/mol. The summed E-state index contributed by atoms with van der Waals surface area (Å²) in [5, 5.41) is 5.07. The SMILES string of the molecule is C.CN=C(N)NC(N)=NC.CN=C(N)NC(N)=NC. The Hall–Kier alpha value is -2.52. The molecule has 10 N–H and O–H groups in total. The highest BCUT2D eigenvalue weighted by Crippen LogP contribution is 1.59. The van der Waals surface area contributed by atoms with Crippen LogP contribution in [0.25, 0.3) is 0 Å². The molecular formula is C9H26N10. The Morgan fingerprint density at radius 1 is 0.579 bits per heavy atom. The van der Waals surface area contributed by atoms with Gasteiger partial charge < -0.3 is 22.9 Å². The van der Waals surface area contributed by atoms with Crippen molar-refractivity contribution in [2.24, 2.45) is 42.9 Å². The van der Waals surface area contributed by atoms with Gasteiger partial charge in [-0.25, -0.2) is 0 Å². The molecule has 19 heavy (non-hydrogen) atoms. The van der Waals surface area contributed by atoms with Crippen LogP contribution >= 0.6 is 0 Å². The summed E-state index contributed by atoms with van der Waals surface area (Å²) in [7, 11) is 6.24. The molecule has 0 aliphatic heterocycles. The molecule has 10 nitrogen and oxygen atoms in total. The van der Waals surface area contributed by atoms with E-state index in [1.165, 1.54) is 0 Å². The Balaban J connectivity index is -0.000000256. The summed E-state index contributed by atoms with van der Waals surface area (Å²) >= 11 is 0. The van der Waals surface area contributed by atoms with Crippen molar-refractivity contribution in [1.29, 1.82) is 0 Å². The van der Waals surface area contributed by atoms with Crippen molar-refractivity contribution in [3.05, 3.63) is 0 Å². The van der Waals surface area contributed by atoms with Crippen LogP contribution in [0.15, 0.2) is 20.0 Å². The van der Waals surface area contributed by atoms with Gasteiger partial charge >= 0.3 is 0 Å². The lowest BCUT2D eigenvalue weighted by Gasteiger charge is -2.00. The highest BCUT2D eigenvalue weighted by molar-refractivity contribution is 5.97.